The molecule has 0 spiro atoms. The van der Waals surface area contributed by atoms with Crippen molar-refractivity contribution in [2.45, 2.75) is 19.8 Å². The van der Waals surface area contributed by atoms with Crippen molar-refractivity contribution in [2.75, 3.05) is 30.8 Å². The summed E-state index contributed by atoms with van der Waals surface area (Å²) in [6.45, 7) is 4.35. The summed E-state index contributed by atoms with van der Waals surface area (Å²) in [5, 5.41) is 3.48. The number of anilines is 2. The molecule has 94 valence electrons. The molecule has 1 saturated heterocycles. The summed E-state index contributed by atoms with van der Waals surface area (Å²) in [7, 11) is 0. The molecule has 1 aromatic heterocycles. The Morgan fingerprint density at radius 3 is 2.82 bits per heavy atom. The maximum absolute atomic E-state index is 5.90. The number of halogens is 1. The normalized spacial score (nSPS) is 17.1. The quantitative estimate of drug-likeness (QED) is 0.808. The molecule has 6 heteroatoms. The highest BCUT2D eigenvalue weighted by atomic mass is 35.5. The molecule has 0 aromatic carbocycles. The molecule has 0 saturated carbocycles. The summed E-state index contributed by atoms with van der Waals surface area (Å²) in [5.74, 6) is 1.24. The summed E-state index contributed by atoms with van der Waals surface area (Å²) in [5.41, 5.74) is 7.17. The maximum atomic E-state index is 5.90. The highest BCUT2D eigenvalue weighted by Gasteiger charge is 2.15. The molecule has 0 radical (unpaired) electrons. The molecule has 0 amide bonds. The minimum Gasteiger partial charge on any atom is -0.394 e. The van der Waals surface area contributed by atoms with Crippen LogP contribution in [0.15, 0.2) is 0 Å². The van der Waals surface area contributed by atoms with E-state index in [0.717, 1.165) is 32.6 Å². The molecule has 17 heavy (non-hydrogen) atoms. The standard InChI is InChI=1S/C11H17ClN4O/c1-7-9(13)10(16-11(12)15-7)14-6-8-2-4-17-5-3-8/h8H,2-6,13H2,1H3,(H,14,15,16). The van der Waals surface area contributed by atoms with Crippen LogP contribution in [0.25, 0.3) is 0 Å². The Bertz CT molecular complexity index is 393. The number of aromatic nitrogens is 2. The Balaban J connectivity index is 1.98. The average molecular weight is 257 g/mol. The minimum atomic E-state index is 0.228. The van der Waals surface area contributed by atoms with Crippen molar-refractivity contribution in [1.29, 1.82) is 0 Å². The lowest BCUT2D eigenvalue weighted by Gasteiger charge is -2.22. The first-order valence-electron chi connectivity index (χ1n) is 5.78. The van der Waals surface area contributed by atoms with Gasteiger partial charge in [0.15, 0.2) is 5.82 Å². The number of nitrogens with zero attached hydrogens (tertiary/aromatic N) is 2. The van der Waals surface area contributed by atoms with Crippen molar-refractivity contribution < 1.29 is 4.74 Å². The van der Waals surface area contributed by atoms with Crippen LogP contribution in [0.1, 0.15) is 18.5 Å². The third kappa shape index (κ3) is 3.20. The maximum Gasteiger partial charge on any atom is 0.224 e. The predicted molar refractivity (Wildman–Crippen MR) is 68.2 cm³/mol. The fraction of sp³-hybridized carbons (Fsp3) is 0.636. The van der Waals surface area contributed by atoms with Gasteiger partial charge in [-0.1, -0.05) is 0 Å². The zero-order valence-corrected chi connectivity index (χ0v) is 10.6. The Kier molecular flexibility index (Phi) is 4.02. The lowest BCUT2D eigenvalue weighted by atomic mass is 10.0. The van der Waals surface area contributed by atoms with E-state index in [9.17, 15) is 0 Å². The first-order chi connectivity index (χ1) is 8.16. The van der Waals surface area contributed by atoms with E-state index in [1.807, 2.05) is 6.92 Å². The van der Waals surface area contributed by atoms with Crippen LogP contribution in [0.4, 0.5) is 11.5 Å². The molecule has 0 aliphatic carbocycles. The summed E-state index contributed by atoms with van der Waals surface area (Å²) in [6, 6.07) is 0. The van der Waals surface area contributed by atoms with Gasteiger partial charge in [-0.15, -0.1) is 0 Å². The van der Waals surface area contributed by atoms with Gasteiger partial charge in [0.2, 0.25) is 5.28 Å². The van der Waals surface area contributed by atoms with Crippen LogP contribution < -0.4 is 11.1 Å². The van der Waals surface area contributed by atoms with Crippen LogP contribution in [0, 0.1) is 12.8 Å². The molecule has 1 fully saturated rings. The Morgan fingerprint density at radius 2 is 2.12 bits per heavy atom. The average Bonchev–Trinajstić information content (AvgIpc) is 2.33. The second-order valence-electron chi connectivity index (χ2n) is 4.28. The molecular formula is C11H17ClN4O. The zero-order valence-electron chi connectivity index (χ0n) is 9.87. The molecule has 1 aromatic rings. The monoisotopic (exact) mass is 256 g/mol. The van der Waals surface area contributed by atoms with Gasteiger partial charge in [-0.2, -0.15) is 4.98 Å². The molecule has 0 bridgehead atoms. The largest absolute Gasteiger partial charge is 0.394 e. The molecule has 5 nitrogen and oxygen atoms in total. The van der Waals surface area contributed by atoms with Crippen molar-refractivity contribution in [3.05, 3.63) is 11.0 Å². The Labute approximate surface area is 106 Å². The van der Waals surface area contributed by atoms with Gasteiger partial charge in [0.25, 0.3) is 0 Å². The highest BCUT2D eigenvalue weighted by molar-refractivity contribution is 6.28. The molecule has 1 aliphatic heterocycles. The summed E-state index contributed by atoms with van der Waals surface area (Å²) in [4.78, 5) is 8.10. The van der Waals surface area contributed by atoms with Crippen molar-refractivity contribution in [1.82, 2.24) is 9.97 Å². The van der Waals surface area contributed by atoms with Gasteiger partial charge < -0.3 is 15.8 Å². The van der Waals surface area contributed by atoms with Crippen molar-refractivity contribution in [3.63, 3.8) is 0 Å². The van der Waals surface area contributed by atoms with Crippen LogP contribution >= 0.6 is 11.6 Å². The van der Waals surface area contributed by atoms with E-state index < -0.39 is 0 Å². The van der Waals surface area contributed by atoms with Crippen molar-refractivity contribution >= 4 is 23.1 Å². The van der Waals surface area contributed by atoms with Gasteiger partial charge in [0.1, 0.15) is 0 Å². The molecule has 0 unspecified atom stereocenters. The summed E-state index contributed by atoms with van der Waals surface area (Å²) < 4.78 is 5.31. The number of ether oxygens (including phenoxy) is 1. The number of aryl methyl sites for hydroxylation is 1. The summed E-state index contributed by atoms with van der Waals surface area (Å²) >= 11 is 5.81. The lowest BCUT2D eigenvalue weighted by molar-refractivity contribution is 0.0699. The number of nitrogens with two attached hydrogens (primary N) is 1. The lowest BCUT2D eigenvalue weighted by Crippen LogP contribution is -2.23. The number of hydrogen-bond acceptors (Lipinski definition) is 5. The predicted octanol–water partition coefficient (Wildman–Crippen LogP) is 1.86. The number of nitrogens with one attached hydrogen (secondary N) is 1. The van der Waals surface area contributed by atoms with Crippen LogP contribution in [-0.2, 0) is 4.74 Å². The second kappa shape index (κ2) is 5.51. The molecule has 2 heterocycles. The Hall–Kier alpha value is -1.07. The van der Waals surface area contributed by atoms with Gasteiger partial charge >= 0.3 is 0 Å². The van der Waals surface area contributed by atoms with E-state index in [-0.39, 0.29) is 5.28 Å². The minimum absolute atomic E-state index is 0.228. The number of rotatable bonds is 3. The van der Waals surface area contributed by atoms with E-state index >= 15 is 0 Å². The van der Waals surface area contributed by atoms with Gasteiger partial charge in [0.05, 0.1) is 11.4 Å². The molecule has 1 aliphatic rings. The van der Waals surface area contributed by atoms with Crippen LogP contribution in [0.3, 0.4) is 0 Å². The van der Waals surface area contributed by atoms with Crippen LogP contribution in [0.2, 0.25) is 5.28 Å². The van der Waals surface area contributed by atoms with Gasteiger partial charge in [-0.25, -0.2) is 4.98 Å². The van der Waals surface area contributed by atoms with E-state index in [0.29, 0.717) is 23.1 Å². The van der Waals surface area contributed by atoms with E-state index in [4.69, 9.17) is 22.1 Å². The number of nitrogen functional groups attached to an aromatic ring is 1. The Morgan fingerprint density at radius 1 is 1.41 bits per heavy atom. The third-order valence-electron chi connectivity index (χ3n) is 3.01. The topological polar surface area (TPSA) is 73.1 Å². The molecular weight excluding hydrogens is 240 g/mol. The second-order valence-corrected chi connectivity index (χ2v) is 4.62. The highest BCUT2D eigenvalue weighted by Crippen LogP contribution is 2.22. The fourth-order valence-electron chi connectivity index (χ4n) is 1.87. The van der Waals surface area contributed by atoms with Crippen LogP contribution in [-0.4, -0.2) is 29.7 Å². The molecule has 2 rings (SSSR count). The first kappa shape index (κ1) is 12.4. The number of hydrogen-bond donors (Lipinski definition) is 2. The van der Waals surface area contributed by atoms with Crippen molar-refractivity contribution in [2.24, 2.45) is 5.92 Å². The van der Waals surface area contributed by atoms with E-state index in [1.165, 1.54) is 0 Å². The van der Waals surface area contributed by atoms with Crippen molar-refractivity contribution in [3.8, 4) is 0 Å². The molecule has 0 atom stereocenters. The smallest absolute Gasteiger partial charge is 0.224 e. The third-order valence-corrected chi connectivity index (χ3v) is 3.18. The van der Waals surface area contributed by atoms with E-state index in [1.54, 1.807) is 0 Å². The summed E-state index contributed by atoms with van der Waals surface area (Å²) in [6.07, 6.45) is 2.15. The SMILES string of the molecule is Cc1nc(Cl)nc(NCC2CCOCC2)c1N. The van der Waals surface area contributed by atoms with Gasteiger partial charge in [-0.3, -0.25) is 0 Å². The van der Waals surface area contributed by atoms with Crippen LogP contribution in [0.5, 0.6) is 0 Å². The van der Waals surface area contributed by atoms with E-state index in [2.05, 4.69) is 15.3 Å². The zero-order chi connectivity index (χ0) is 12.3. The van der Waals surface area contributed by atoms with Gasteiger partial charge in [0, 0.05) is 19.8 Å². The van der Waals surface area contributed by atoms with Gasteiger partial charge in [-0.05, 0) is 37.3 Å². The first-order valence-corrected chi connectivity index (χ1v) is 6.16. The fourth-order valence-corrected chi connectivity index (χ4v) is 2.09. The molecule has 3 N–H and O–H groups in total.